The molecule has 7 nitrogen and oxygen atoms in total. The van der Waals surface area contributed by atoms with E-state index in [1.54, 1.807) is 35.0 Å². The highest BCUT2D eigenvalue weighted by Gasteiger charge is 2.36. The van der Waals surface area contributed by atoms with Crippen LogP contribution in [-0.4, -0.2) is 32.1 Å². The normalized spacial score (nSPS) is 12.1. The van der Waals surface area contributed by atoms with Crippen LogP contribution in [0.3, 0.4) is 0 Å². The Balaban J connectivity index is 1.79. The van der Waals surface area contributed by atoms with E-state index in [0.29, 0.717) is 22.2 Å². The van der Waals surface area contributed by atoms with Gasteiger partial charge in [0.15, 0.2) is 0 Å². The minimum atomic E-state index is -4.76. The van der Waals surface area contributed by atoms with E-state index in [2.05, 4.69) is 15.4 Å². The number of aromatic nitrogens is 3. The minimum absolute atomic E-state index is 0.125. The molecule has 1 amide bonds. The van der Waals surface area contributed by atoms with E-state index >= 15 is 0 Å². The molecule has 0 aliphatic carbocycles. The number of fused-ring (bicyclic) bond motifs is 1. The zero-order valence-corrected chi connectivity index (χ0v) is 18.1. The standard InChI is InChI=1S/C24H19F3N4O3/c1-23(2,34)18-11-20-15(12-29-31(20)16-7-5-14(13-32)6-8-16)10-19(18)30-22(33)21-17(24(25,26)27)4-3-9-28-21/h3-13,34H,1-2H3,(H,30,33). The number of aliphatic hydroxyl groups is 1. The maximum absolute atomic E-state index is 13.3. The lowest BCUT2D eigenvalue weighted by Gasteiger charge is -2.23. The number of nitrogens with one attached hydrogen (secondary N) is 1. The molecule has 0 radical (unpaired) electrons. The van der Waals surface area contributed by atoms with E-state index in [9.17, 15) is 27.9 Å². The van der Waals surface area contributed by atoms with Crippen LogP contribution in [0.1, 0.15) is 45.8 Å². The highest BCUT2D eigenvalue weighted by molar-refractivity contribution is 6.05. The third-order valence-corrected chi connectivity index (χ3v) is 5.22. The van der Waals surface area contributed by atoms with Crippen LogP contribution in [0.2, 0.25) is 0 Å². The van der Waals surface area contributed by atoms with Gasteiger partial charge in [-0.2, -0.15) is 18.3 Å². The Bertz CT molecular complexity index is 1390. The number of nitrogens with zero attached hydrogens (tertiary/aromatic N) is 3. The lowest BCUT2D eigenvalue weighted by Crippen LogP contribution is -2.24. The molecule has 0 aliphatic heterocycles. The number of alkyl halides is 3. The Morgan fingerprint density at radius 2 is 1.79 bits per heavy atom. The molecule has 4 rings (SSSR count). The van der Waals surface area contributed by atoms with Crippen molar-refractivity contribution in [2.75, 3.05) is 5.32 Å². The summed E-state index contributed by atoms with van der Waals surface area (Å²) in [6.07, 6.45) is -1.42. The summed E-state index contributed by atoms with van der Waals surface area (Å²) in [6, 6.07) is 11.7. The first kappa shape index (κ1) is 23.1. The topological polar surface area (TPSA) is 97.1 Å². The fourth-order valence-electron chi connectivity index (χ4n) is 3.58. The highest BCUT2D eigenvalue weighted by atomic mass is 19.4. The van der Waals surface area contributed by atoms with Crippen LogP contribution < -0.4 is 5.32 Å². The highest BCUT2D eigenvalue weighted by Crippen LogP contribution is 2.35. The molecule has 2 heterocycles. The average Bonchev–Trinajstić information content (AvgIpc) is 3.20. The molecule has 0 fully saturated rings. The van der Waals surface area contributed by atoms with E-state index in [1.165, 1.54) is 26.1 Å². The second-order valence-corrected chi connectivity index (χ2v) is 8.13. The zero-order valence-electron chi connectivity index (χ0n) is 18.1. The number of aldehydes is 1. The Kier molecular flexibility index (Phi) is 5.70. The summed E-state index contributed by atoms with van der Waals surface area (Å²) in [5.74, 6) is -1.06. The average molecular weight is 468 g/mol. The molecule has 2 N–H and O–H groups in total. The molecule has 2 aromatic carbocycles. The Labute approximate surface area is 191 Å². The summed E-state index contributed by atoms with van der Waals surface area (Å²) in [5.41, 5.74) is -1.26. The summed E-state index contributed by atoms with van der Waals surface area (Å²) < 4.78 is 41.6. The maximum Gasteiger partial charge on any atom is 0.418 e. The van der Waals surface area contributed by atoms with E-state index in [4.69, 9.17) is 0 Å². The van der Waals surface area contributed by atoms with Gasteiger partial charge < -0.3 is 10.4 Å². The molecule has 4 aromatic rings. The second-order valence-electron chi connectivity index (χ2n) is 8.13. The van der Waals surface area contributed by atoms with E-state index < -0.39 is 28.9 Å². The number of amides is 1. The summed E-state index contributed by atoms with van der Waals surface area (Å²) >= 11 is 0. The summed E-state index contributed by atoms with van der Waals surface area (Å²) in [5, 5.41) is 18.1. The van der Waals surface area contributed by atoms with Crippen LogP contribution in [0.5, 0.6) is 0 Å². The molecule has 174 valence electrons. The molecule has 34 heavy (non-hydrogen) atoms. The van der Waals surface area contributed by atoms with E-state index in [0.717, 1.165) is 24.6 Å². The Morgan fingerprint density at radius 3 is 2.41 bits per heavy atom. The van der Waals surface area contributed by atoms with Crippen molar-refractivity contribution in [3.05, 3.63) is 83.3 Å². The van der Waals surface area contributed by atoms with Crippen molar-refractivity contribution in [3.8, 4) is 5.69 Å². The molecule has 0 unspecified atom stereocenters. The van der Waals surface area contributed by atoms with Gasteiger partial charge in [0.1, 0.15) is 12.0 Å². The number of hydrogen-bond donors (Lipinski definition) is 2. The van der Waals surface area contributed by atoms with Crippen molar-refractivity contribution >= 4 is 28.8 Å². The van der Waals surface area contributed by atoms with Crippen molar-refractivity contribution in [2.24, 2.45) is 0 Å². The van der Waals surface area contributed by atoms with Gasteiger partial charge >= 0.3 is 6.18 Å². The van der Waals surface area contributed by atoms with Crippen LogP contribution >= 0.6 is 0 Å². The molecule has 0 atom stereocenters. The number of anilines is 1. The monoisotopic (exact) mass is 468 g/mol. The number of carbonyl (C=O) groups excluding carboxylic acids is 2. The fourth-order valence-corrected chi connectivity index (χ4v) is 3.58. The van der Waals surface area contributed by atoms with Crippen LogP contribution in [-0.2, 0) is 11.8 Å². The number of rotatable bonds is 5. The molecular formula is C24H19F3N4O3. The first-order valence-electron chi connectivity index (χ1n) is 10.1. The number of pyridine rings is 1. The molecule has 2 aromatic heterocycles. The van der Waals surface area contributed by atoms with Crippen LogP contribution in [0.4, 0.5) is 18.9 Å². The van der Waals surface area contributed by atoms with Crippen molar-refractivity contribution in [1.82, 2.24) is 14.8 Å². The second kappa shape index (κ2) is 8.38. The van der Waals surface area contributed by atoms with Gasteiger partial charge in [0, 0.05) is 28.4 Å². The van der Waals surface area contributed by atoms with Crippen LogP contribution in [0.25, 0.3) is 16.6 Å². The molecule has 0 saturated heterocycles. The molecule has 0 bridgehead atoms. The van der Waals surface area contributed by atoms with Crippen molar-refractivity contribution in [2.45, 2.75) is 25.6 Å². The Hall–Kier alpha value is -4.05. The largest absolute Gasteiger partial charge is 0.418 e. The minimum Gasteiger partial charge on any atom is -0.386 e. The molecule has 0 aliphatic rings. The number of carbonyl (C=O) groups is 2. The van der Waals surface area contributed by atoms with Crippen molar-refractivity contribution in [1.29, 1.82) is 0 Å². The molecule has 10 heteroatoms. The first-order valence-corrected chi connectivity index (χ1v) is 10.1. The number of hydrogen-bond acceptors (Lipinski definition) is 5. The molecule has 0 spiro atoms. The molecule has 0 saturated carbocycles. The lowest BCUT2D eigenvalue weighted by molar-refractivity contribution is -0.138. The molecular weight excluding hydrogens is 449 g/mol. The quantitative estimate of drug-likeness (QED) is 0.413. The van der Waals surface area contributed by atoms with Gasteiger partial charge in [-0.3, -0.25) is 14.6 Å². The third kappa shape index (κ3) is 4.40. The zero-order chi connectivity index (χ0) is 24.7. The van der Waals surface area contributed by atoms with Crippen LogP contribution in [0, 0.1) is 0 Å². The first-order chi connectivity index (χ1) is 16.0. The van der Waals surface area contributed by atoms with Crippen molar-refractivity contribution < 1.29 is 27.9 Å². The summed E-state index contributed by atoms with van der Waals surface area (Å²) in [7, 11) is 0. The fraction of sp³-hybridized carbons (Fsp3) is 0.167. The van der Waals surface area contributed by atoms with Gasteiger partial charge in [-0.05, 0) is 62.4 Å². The van der Waals surface area contributed by atoms with E-state index in [1.807, 2.05) is 0 Å². The number of halogens is 3. The van der Waals surface area contributed by atoms with Crippen LogP contribution in [0.15, 0.2) is 60.9 Å². The predicted molar refractivity (Wildman–Crippen MR) is 119 cm³/mol. The van der Waals surface area contributed by atoms with Gasteiger partial charge in [0.25, 0.3) is 5.91 Å². The maximum atomic E-state index is 13.3. The summed E-state index contributed by atoms with van der Waals surface area (Å²) in [4.78, 5) is 27.3. The lowest BCUT2D eigenvalue weighted by atomic mass is 9.95. The SMILES string of the molecule is CC(C)(O)c1cc2c(cnn2-c2ccc(C=O)cc2)cc1NC(=O)c1ncccc1C(F)(F)F. The predicted octanol–water partition coefficient (Wildman–Crippen LogP) is 4.73. The van der Waals surface area contributed by atoms with Gasteiger partial charge in [-0.1, -0.05) is 0 Å². The van der Waals surface area contributed by atoms with E-state index in [-0.39, 0.29) is 11.3 Å². The summed E-state index contributed by atoms with van der Waals surface area (Å²) in [6.45, 7) is 2.98. The van der Waals surface area contributed by atoms with Gasteiger partial charge in [0.2, 0.25) is 0 Å². The van der Waals surface area contributed by atoms with Gasteiger partial charge in [0.05, 0.1) is 28.6 Å². The van der Waals surface area contributed by atoms with Crippen molar-refractivity contribution in [3.63, 3.8) is 0 Å². The smallest absolute Gasteiger partial charge is 0.386 e. The Morgan fingerprint density at radius 1 is 1.09 bits per heavy atom. The third-order valence-electron chi connectivity index (χ3n) is 5.22. The van der Waals surface area contributed by atoms with Gasteiger partial charge in [-0.25, -0.2) is 4.68 Å². The van der Waals surface area contributed by atoms with Gasteiger partial charge in [-0.15, -0.1) is 0 Å². The number of benzene rings is 2.